The average Bonchev–Trinajstić information content (AvgIpc) is 2.81. The minimum Gasteiger partial charge on any atom is -0.436 e. The summed E-state index contributed by atoms with van der Waals surface area (Å²) in [5, 5.41) is 9.50. The van der Waals surface area contributed by atoms with Gasteiger partial charge in [-0.2, -0.15) is 0 Å². The van der Waals surface area contributed by atoms with E-state index in [1.54, 1.807) is 30.5 Å². The maximum Gasteiger partial charge on any atom is 0.408 e. The van der Waals surface area contributed by atoms with Gasteiger partial charge in [0.15, 0.2) is 6.61 Å². The second-order valence-corrected chi connectivity index (χ2v) is 6.95. The first-order valence-electron chi connectivity index (χ1n) is 10.1. The number of carbonyl (C=O) groups is 3. The van der Waals surface area contributed by atoms with E-state index in [0.29, 0.717) is 17.9 Å². The van der Waals surface area contributed by atoms with E-state index >= 15 is 0 Å². The summed E-state index contributed by atoms with van der Waals surface area (Å²) < 4.78 is 4.84. The number of anilines is 1. The third kappa shape index (κ3) is 5.77. The van der Waals surface area contributed by atoms with Gasteiger partial charge in [-0.05, 0) is 47.2 Å². The molecule has 1 heterocycles. The van der Waals surface area contributed by atoms with Crippen LogP contribution in [-0.4, -0.2) is 36.2 Å². The molecule has 0 unspecified atom stereocenters. The van der Waals surface area contributed by atoms with Gasteiger partial charge in [0.05, 0.1) is 0 Å². The standard InChI is InChI=1S/C24H23N5O4/c1-3-10-33-24(32)28-13-17-8-9-18(15-6-5-7-16(11-15)22(25)30)19-12-21(27-14-20(17)19)29-23(31)26-4-2/h1,5-9,11-12,14H,4,10,13H2,2H3,(H2,25,30)(H,28,32)(H2,26,27,29,31). The van der Waals surface area contributed by atoms with Gasteiger partial charge in [-0.25, -0.2) is 14.6 Å². The molecule has 0 aliphatic heterocycles. The van der Waals surface area contributed by atoms with E-state index in [0.717, 1.165) is 27.5 Å². The lowest BCUT2D eigenvalue weighted by atomic mass is 9.95. The number of hydrogen-bond donors (Lipinski definition) is 4. The van der Waals surface area contributed by atoms with Gasteiger partial charge >= 0.3 is 12.1 Å². The zero-order chi connectivity index (χ0) is 23.8. The van der Waals surface area contributed by atoms with Gasteiger partial charge in [-0.3, -0.25) is 10.1 Å². The largest absolute Gasteiger partial charge is 0.436 e. The molecule has 2 aromatic carbocycles. The highest BCUT2D eigenvalue weighted by atomic mass is 16.5. The summed E-state index contributed by atoms with van der Waals surface area (Å²) in [6, 6.07) is 12.0. The molecular formula is C24H23N5O4. The number of urea groups is 1. The molecular weight excluding hydrogens is 422 g/mol. The maximum absolute atomic E-state index is 12.0. The molecule has 5 N–H and O–H groups in total. The Hall–Kier alpha value is -4.58. The van der Waals surface area contributed by atoms with Gasteiger partial charge < -0.3 is 21.1 Å². The van der Waals surface area contributed by atoms with Crippen LogP contribution < -0.4 is 21.7 Å². The minimum atomic E-state index is -0.637. The average molecular weight is 445 g/mol. The van der Waals surface area contributed by atoms with Crippen molar-refractivity contribution in [1.29, 1.82) is 0 Å². The van der Waals surface area contributed by atoms with Gasteiger partial charge in [0.2, 0.25) is 5.91 Å². The Morgan fingerprint density at radius 2 is 1.94 bits per heavy atom. The highest BCUT2D eigenvalue weighted by Crippen LogP contribution is 2.32. The van der Waals surface area contributed by atoms with Crippen molar-refractivity contribution in [3.05, 3.63) is 59.8 Å². The third-order valence-electron chi connectivity index (χ3n) is 4.74. The summed E-state index contributed by atoms with van der Waals surface area (Å²) in [5.41, 5.74) is 8.15. The number of benzene rings is 2. The van der Waals surface area contributed by atoms with E-state index in [1.807, 2.05) is 25.1 Å². The summed E-state index contributed by atoms with van der Waals surface area (Å²) >= 11 is 0. The number of rotatable bonds is 7. The van der Waals surface area contributed by atoms with Gasteiger partial charge in [0.25, 0.3) is 0 Å². The maximum atomic E-state index is 12.0. The number of primary amides is 1. The SMILES string of the molecule is C#CCOC(=O)NCc1ccc(-c2cccc(C(N)=O)c2)c2cc(NC(=O)NCC)ncc12. The number of ether oxygens (including phenoxy) is 1. The summed E-state index contributed by atoms with van der Waals surface area (Å²) in [5.74, 6) is 2.04. The first kappa shape index (κ1) is 23.1. The second kappa shape index (κ2) is 10.6. The van der Waals surface area contributed by atoms with Crippen molar-refractivity contribution in [3.63, 3.8) is 0 Å². The first-order valence-corrected chi connectivity index (χ1v) is 10.1. The number of alkyl carbamates (subject to hydrolysis) is 1. The quantitative estimate of drug-likeness (QED) is 0.415. The molecule has 0 spiro atoms. The predicted molar refractivity (Wildman–Crippen MR) is 125 cm³/mol. The fourth-order valence-corrected chi connectivity index (χ4v) is 3.26. The van der Waals surface area contributed by atoms with E-state index in [4.69, 9.17) is 16.9 Å². The lowest BCUT2D eigenvalue weighted by Gasteiger charge is -2.14. The molecule has 0 fully saturated rings. The molecule has 3 rings (SSSR count). The van der Waals surface area contributed by atoms with Crippen LogP contribution >= 0.6 is 0 Å². The number of hydrogen-bond acceptors (Lipinski definition) is 5. The van der Waals surface area contributed by atoms with Gasteiger partial charge in [-0.1, -0.05) is 30.2 Å². The predicted octanol–water partition coefficient (Wildman–Crippen LogP) is 3.00. The Morgan fingerprint density at radius 1 is 1.12 bits per heavy atom. The van der Waals surface area contributed by atoms with Crippen molar-refractivity contribution in [3.8, 4) is 23.5 Å². The number of nitrogens with one attached hydrogen (secondary N) is 3. The molecule has 0 radical (unpaired) electrons. The van der Waals surface area contributed by atoms with Crippen LogP contribution in [0.15, 0.2) is 48.7 Å². The van der Waals surface area contributed by atoms with Crippen molar-refractivity contribution in [2.75, 3.05) is 18.5 Å². The smallest absolute Gasteiger partial charge is 0.408 e. The molecule has 0 saturated heterocycles. The number of carbonyl (C=O) groups excluding carboxylic acids is 3. The Morgan fingerprint density at radius 3 is 2.67 bits per heavy atom. The van der Waals surface area contributed by atoms with Crippen molar-refractivity contribution in [2.45, 2.75) is 13.5 Å². The number of fused-ring (bicyclic) bond motifs is 1. The normalized spacial score (nSPS) is 10.2. The molecule has 33 heavy (non-hydrogen) atoms. The van der Waals surface area contributed by atoms with E-state index < -0.39 is 12.0 Å². The van der Waals surface area contributed by atoms with Gasteiger partial charge in [-0.15, -0.1) is 6.42 Å². The van der Waals surface area contributed by atoms with Gasteiger partial charge in [0.1, 0.15) is 5.82 Å². The molecule has 1 aromatic heterocycles. The summed E-state index contributed by atoms with van der Waals surface area (Å²) in [4.78, 5) is 39.7. The number of nitrogens with two attached hydrogens (primary N) is 1. The summed E-state index contributed by atoms with van der Waals surface area (Å²) in [7, 11) is 0. The monoisotopic (exact) mass is 445 g/mol. The number of aromatic nitrogens is 1. The van der Waals surface area contributed by atoms with Crippen molar-refractivity contribution < 1.29 is 19.1 Å². The van der Waals surface area contributed by atoms with Crippen LogP contribution in [0.3, 0.4) is 0 Å². The van der Waals surface area contributed by atoms with E-state index in [2.05, 4.69) is 26.9 Å². The first-order chi connectivity index (χ1) is 15.9. The molecule has 168 valence electrons. The number of terminal acetylenes is 1. The lowest BCUT2D eigenvalue weighted by Crippen LogP contribution is -2.28. The third-order valence-corrected chi connectivity index (χ3v) is 4.74. The van der Waals surface area contributed by atoms with Crippen LogP contribution in [0.25, 0.3) is 21.9 Å². The van der Waals surface area contributed by atoms with E-state index in [-0.39, 0.29) is 19.2 Å². The molecule has 3 aromatic rings. The number of pyridine rings is 1. The van der Waals surface area contributed by atoms with Crippen LogP contribution in [0.5, 0.6) is 0 Å². The van der Waals surface area contributed by atoms with Crippen molar-refractivity contribution in [2.24, 2.45) is 5.73 Å². The molecule has 9 nitrogen and oxygen atoms in total. The van der Waals surface area contributed by atoms with Crippen LogP contribution in [0.2, 0.25) is 0 Å². The highest BCUT2D eigenvalue weighted by Gasteiger charge is 2.13. The zero-order valence-corrected chi connectivity index (χ0v) is 18.0. The minimum absolute atomic E-state index is 0.127. The van der Waals surface area contributed by atoms with Crippen molar-refractivity contribution >= 4 is 34.6 Å². The van der Waals surface area contributed by atoms with Crippen molar-refractivity contribution in [1.82, 2.24) is 15.6 Å². The highest BCUT2D eigenvalue weighted by molar-refractivity contribution is 6.02. The summed E-state index contributed by atoms with van der Waals surface area (Å²) in [6.45, 7) is 2.33. The summed E-state index contributed by atoms with van der Waals surface area (Å²) in [6.07, 6.45) is 6.08. The molecule has 0 aliphatic rings. The Balaban J connectivity index is 2.05. The molecule has 4 amide bonds. The Kier molecular flexibility index (Phi) is 7.44. The van der Waals surface area contributed by atoms with Crippen LogP contribution in [0.4, 0.5) is 15.4 Å². The molecule has 0 saturated carbocycles. The fraction of sp³-hybridized carbons (Fsp3) is 0.167. The fourth-order valence-electron chi connectivity index (χ4n) is 3.26. The van der Waals surface area contributed by atoms with Crippen LogP contribution in [0.1, 0.15) is 22.8 Å². The van der Waals surface area contributed by atoms with E-state index in [9.17, 15) is 14.4 Å². The van der Waals surface area contributed by atoms with Gasteiger partial charge in [0, 0.05) is 30.2 Å². The van der Waals surface area contributed by atoms with Crippen LogP contribution in [0, 0.1) is 12.3 Å². The Labute approximate surface area is 190 Å². The molecule has 0 aliphatic carbocycles. The number of nitrogens with zero attached hydrogens (tertiary/aromatic N) is 1. The molecule has 9 heteroatoms. The second-order valence-electron chi connectivity index (χ2n) is 6.95. The molecule has 0 bridgehead atoms. The molecule has 0 atom stereocenters. The van der Waals surface area contributed by atoms with Crippen LogP contribution in [-0.2, 0) is 11.3 Å². The zero-order valence-electron chi connectivity index (χ0n) is 18.0. The van der Waals surface area contributed by atoms with E-state index in [1.165, 1.54) is 0 Å². The Bertz CT molecular complexity index is 1250. The number of amides is 4. The topological polar surface area (TPSA) is 135 Å². The lowest BCUT2D eigenvalue weighted by molar-refractivity contribution is 0.1000.